The predicted molar refractivity (Wildman–Crippen MR) is 220 cm³/mol. The number of esters is 2. The maximum atomic E-state index is 12.3. The molecule has 0 aliphatic rings. The molecule has 0 unspecified atom stereocenters. The average Bonchev–Trinajstić information content (AvgIpc) is 3.13. The summed E-state index contributed by atoms with van der Waals surface area (Å²) in [5.74, 6) is -0.303. The lowest BCUT2D eigenvalue weighted by atomic mass is 10.1. The third-order valence-corrected chi connectivity index (χ3v) is 8.96. The smallest absolute Gasteiger partial charge is 0.307 e. The molecule has 0 radical (unpaired) electrons. The summed E-state index contributed by atoms with van der Waals surface area (Å²) in [5, 5.41) is 2.03. The lowest BCUT2D eigenvalue weighted by Gasteiger charge is -2.22. The Labute approximate surface area is 316 Å². The third-order valence-electron chi connectivity index (χ3n) is 8.96. The highest BCUT2D eigenvalue weighted by atomic mass is 16.5. The lowest BCUT2D eigenvalue weighted by molar-refractivity contribution is -0.145. The normalized spacial score (nSPS) is 12.1. The second-order valence-corrected chi connectivity index (χ2v) is 14.0. The molecule has 6 nitrogen and oxygen atoms in total. The number of rotatable bonds is 39. The number of hydrazine groups is 1. The zero-order chi connectivity index (χ0) is 37.1. The third kappa shape index (κ3) is 40.4. The highest BCUT2D eigenvalue weighted by molar-refractivity contribution is 5.69. The van der Waals surface area contributed by atoms with E-state index in [4.69, 9.17) is 9.47 Å². The predicted octanol–water partition coefficient (Wildman–Crippen LogP) is 12.7. The maximum absolute atomic E-state index is 12.3. The first-order valence-corrected chi connectivity index (χ1v) is 21.5. The summed E-state index contributed by atoms with van der Waals surface area (Å²) < 4.78 is 10.9. The van der Waals surface area contributed by atoms with Crippen molar-refractivity contribution in [3.63, 3.8) is 0 Å². The van der Waals surface area contributed by atoms with Crippen molar-refractivity contribution in [3.8, 4) is 0 Å². The highest BCUT2D eigenvalue weighted by Gasteiger charge is 2.10. The van der Waals surface area contributed by atoms with E-state index in [1.54, 1.807) is 0 Å². The van der Waals surface area contributed by atoms with E-state index in [9.17, 15) is 9.59 Å². The van der Waals surface area contributed by atoms with Gasteiger partial charge in [0.15, 0.2) is 0 Å². The highest BCUT2D eigenvalue weighted by Crippen LogP contribution is 2.10. The Morgan fingerprint density at radius 1 is 0.451 bits per heavy atom. The van der Waals surface area contributed by atoms with Crippen molar-refractivity contribution >= 4 is 11.9 Å². The number of nitrogens with zero attached hydrogens (tertiary/aromatic N) is 1. The summed E-state index contributed by atoms with van der Waals surface area (Å²) in [6.07, 6.45) is 48.9. The van der Waals surface area contributed by atoms with Crippen LogP contribution in [-0.4, -0.2) is 49.8 Å². The Kier molecular flexibility index (Phi) is 40.4. The number of hydrogen-bond acceptors (Lipinski definition) is 6. The minimum Gasteiger partial charge on any atom is -0.466 e. The van der Waals surface area contributed by atoms with Gasteiger partial charge in [-0.15, -0.1) is 0 Å². The second-order valence-electron chi connectivity index (χ2n) is 14.0. The summed E-state index contributed by atoms with van der Waals surface area (Å²) in [6, 6.07) is 0. The van der Waals surface area contributed by atoms with E-state index in [0.29, 0.717) is 39.1 Å². The van der Waals surface area contributed by atoms with Crippen molar-refractivity contribution in [3.05, 3.63) is 48.6 Å². The lowest BCUT2D eigenvalue weighted by Crippen LogP contribution is -2.41. The maximum Gasteiger partial charge on any atom is 0.307 e. The van der Waals surface area contributed by atoms with Crippen LogP contribution >= 0.6 is 0 Å². The number of ether oxygens (including phenoxy) is 2. The molecule has 0 aromatic rings. The minimum absolute atomic E-state index is 0.145. The molecule has 0 aliphatic carbocycles. The fourth-order valence-corrected chi connectivity index (χ4v) is 5.78. The average molecular weight is 715 g/mol. The van der Waals surface area contributed by atoms with Gasteiger partial charge in [-0.1, -0.05) is 146 Å². The molecule has 0 bridgehead atoms. The molecular formula is C45H82N2O4. The molecule has 0 amide bonds. The van der Waals surface area contributed by atoms with Crippen molar-refractivity contribution in [2.24, 2.45) is 0 Å². The van der Waals surface area contributed by atoms with Gasteiger partial charge in [0.1, 0.15) is 0 Å². The van der Waals surface area contributed by atoms with Crippen LogP contribution in [0.25, 0.3) is 0 Å². The molecule has 0 spiro atoms. The summed E-state index contributed by atoms with van der Waals surface area (Å²) >= 11 is 0. The minimum atomic E-state index is -0.158. The molecule has 0 saturated heterocycles. The second kappa shape index (κ2) is 42.2. The van der Waals surface area contributed by atoms with Crippen LogP contribution in [0.2, 0.25) is 0 Å². The van der Waals surface area contributed by atoms with E-state index in [1.807, 2.05) is 5.01 Å². The molecule has 0 atom stereocenters. The number of allylic oxidation sites excluding steroid dienone is 8. The summed E-state index contributed by atoms with van der Waals surface area (Å²) in [6.45, 7) is 9.54. The van der Waals surface area contributed by atoms with Gasteiger partial charge in [0.05, 0.1) is 26.1 Å². The van der Waals surface area contributed by atoms with E-state index in [-0.39, 0.29) is 11.9 Å². The van der Waals surface area contributed by atoms with Gasteiger partial charge in [-0.3, -0.25) is 15.0 Å². The number of carbonyl (C=O) groups is 2. The van der Waals surface area contributed by atoms with Crippen molar-refractivity contribution in [2.75, 3.05) is 32.8 Å². The van der Waals surface area contributed by atoms with Crippen LogP contribution < -0.4 is 5.43 Å². The molecule has 0 saturated carbocycles. The standard InChI is InChI=1S/C45H82N2O4/c1-4-7-9-11-13-15-17-19-21-23-25-27-29-31-33-35-42-50-44(48)37-39-46-47(40-6-3)41-38-45(49)51-43-36-34-32-30-28-26-24-22-20-18-16-14-12-10-8-5-2/h13-16,19-22,46H,4-12,17-18,23-43H2,1-3H3/b15-13-,16-14-,21-19-,22-20-. The SMILES string of the molecule is CCCCC/C=C\C/C=C\CCCCCCCCOC(=O)CCNN(CCC)CCC(=O)OCCCCCCCC/C=C\C/C=C\CCCCC. The van der Waals surface area contributed by atoms with E-state index in [0.717, 1.165) is 51.5 Å². The van der Waals surface area contributed by atoms with E-state index in [1.165, 1.54) is 116 Å². The van der Waals surface area contributed by atoms with Crippen molar-refractivity contribution < 1.29 is 19.1 Å². The van der Waals surface area contributed by atoms with Gasteiger partial charge >= 0.3 is 11.9 Å². The summed E-state index contributed by atoms with van der Waals surface area (Å²) in [7, 11) is 0. The molecule has 0 aromatic heterocycles. The van der Waals surface area contributed by atoms with Gasteiger partial charge in [0.25, 0.3) is 0 Å². The largest absolute Gasteiger partial charge is 0.466 e. The monoisotopic (exact) mass is 715 g/mol. The molecule has 0 heterocycles. The topological polar surface area (TPSA) is 67.9 Å². The fourth-order valence-electron chi connectivity index (χ4n) is 5.78. The van der Waals surface area contributed by atoms with Gasteiger partial charge in [-0.05, 0) is 83.5 Å². The van der Waals surface area contributed by atoms with Gasteiger partial charge in [0.2, 0.25) is 0 Å². The van der Waals surface area contributed by atoms with E-state index in [2.05, 4.69) is 74.8 Å². The summed E-state index contributed by atoms with van der Waals surface area (Å²) in [4.78, 5) is 24.4. The zero-order valence-corrected chi connectivity index (χ0v) is 33.8. The van der Waals surface area contributed by atoms with Crippen LogP contribution in [0.15, 0.2) is 48.6 Å². The van der Waals surface area contributed by atoms with Gasteiger partial charge in [-0.25, -0.2) is 5.01 Å². The number of carbonyl (C=O) groups excluding carboxylic acids is 2. The quantitative estimate of drug-likeness (QED) is 0.0296. The number of hydrogen-bond donors (Lipinski definition) is 1. The van der Waals surface area contributed by atoms with Crippen molar-refractivity contribution in [2.45, 2.75) is 194 Å². The van der Waals surface area contributed by atoms with Gasteiger partial charge < -0.3 is 9.47 Å². The molecule has 0 aliphatic heterocycles. The zero-order valence-electron chi connectivity index (χ0n) is 33.8. The molecule has 0 fully saturated rings. The van der Waals surface area contributed by atoms with Crippen LogP contribution in [0, 0.1) is 0 Å². The molecule has 0 aromatic carbocycles. The van der Waals surface area contributed by atoms with Crippen LogP contribution in [0.5, 0.6) is 0 Å². The molecule has 1 N–H and O–H groups in total. The van der Waals surface area contributed by atoms with Crippen LogP contribution in [0.4, 0.5) is 0 Å². The Hall–Kier alpha value is -2.18. The molecule has 51 heavy (non-hydrogen) atoms. The Morgan fingerprint density at radius 3 is 1.27 bits per heavy atom. The van der Waals surface area contributed by atoms with Crippen LogP contribution in [-0.2, 0) is 19.1 Å². The van der Waals surface area contributed by atoms with Crippen molar-refractivity contribution in [1.82, 2.24) is 10.4 Å². The van der Waals surface area contributed by atoms with Crippen LogP contribution in [0.1, 0.15) is 194 Å². The number of nitrogens with one attached hydrogen (secondary N) is 1. The van der Waals surface area contributed by atoms with Crippen LogP contribution in [0.3, 0.4) is 0 Å². The Balaban J connectivity index is 3.65. The van der Waals surface area contributed by atoms with Gasteiger partial charge in [-0.2, -0.15) is 0 Å². The molecule has 296 valence electrons. The summed E-state index contributed by atoms with van der Waals surface area (Å²) in [5.41, 5.74) is 3.30. The first-order chi connectivity index (χ1) is 25.1. The Bertz CT molecular complexity index is 866. The van der Waals surface area contributed by atoms with Gasteiger partial charge in [0, 0.05) is 19.6 Å². The first kappa shape index (κ1) is 48.8. The molecular weight excluding hydrogens is 633 g/mol. The Morgan fingerprint density at radius 2 is 0.843 bits per heavy atom. The fraction of sp³-hybridized carbons (Fsp3) is 0.778. The number of unbranched alkanes of at least 4 members (excludes halogenated alkanes) is 18. The molecule has 6 heteroatoms. The van der Waals surface area contributed by atoms with E-state index < -0.39 is 0 Å². The van der Waals surface area contributed by atoms with E-state index >= 15 is 0 Å². The van der Waals surface area contributed by atoms with Crippen molar-refractivity contribution in [1.29, 1.82) is 0 Å². The first-order valence-electron chi connectivity index (χ1n) is 21.5. The molecule has 0 rings (SSSR count).